The third kappa shape index (κ3) is 2.92. The zero-order valence-corrected chi connectivity index (χ0v) is 16.3. The van der Waals surface area contributed by atoms with E-state index in [1.165, 1.54) is 6.08 Å². The lowest BCUT2D eigenvalue weighted by atomic mass is 9.79. The molecule has 1 aliphatic carbocycles. The highest BCUT2D eigenvalue weighted by atomic mass is 32.2. The van der Waals surface area contributed by atoms with Gasteiger partial charge in [0.1, 0.15) is 0 Å². The molecule has 0 fully saturated rings. The topological polar surface area (TPSA) is 99.1 Å². The van der Waals surface area contributed by atoms with Crippen molar-refractivity contribution in [3.63, 3.8) is 0 Å². The van der Waals surface area contributed by atoms with Crippen LogP contribution in [0.15, 0.2) is 69.5 Å². The van der Waals surface area contributed by atoms with E-state index in [1.807, 2.05) is 42.5 Å². The molecule has 0 radical (unpaired) electrons. The van der Waals surface area contributed by atoms with Gasteiger partial charge >= 0.3 is 17.9 Å². The number of thioether (sulfide) groups is 1. The number of esters is 3. The van der Waals surface area contributed by atoms with Gasteiger partial charge in [0.25, 0.3) is 0 Å². The lowest BCUT2D eigenvalue weighted by Gasteiger charge is -2.41. The minimum atomic E-state index is -2.46. The standard InChI is InChI=1S/C21H16O7S/c1-26-18(22)16-14-10-15(21(25,20(24)28-14)17(16)19(23)27-2)29-13-8-7-11-5-3-4-6-12(11)9-13/h3-10,14,25H,1-2H3/t14-,21-/m0/s1. The number of rotatable bonds is 4. The Kier molecular flexibility index (Phi) is 4.68. The van der Waals surface area contributed by atoms with Gasteiger partial charge in [0, 0.05) is 9.80 Å². The number of carbonyl (C=O) groups is 3. The normalized spacial score (nSPS) is 22.9. The van der Waals surface area contributed by atoms with E-state index in [0.29, 0.717) is 0 Å². The monoisotopic (exact) mass is 412 g/mol. The second-order valence-electron chi connectivity index (χ2n) is 6.45. The summed E-state index contributed by atoms with van der Waals surface area (Å²) in [5.74, 6) is -2.92. The highest BCUT2D eigenvalue weighted by molar-refractivity contribution is 8.03. The van der Waals surface area contributed by atoms with Crippen LogP contribution in [0.3, 0.4) is 0 Å². The van der Waals surface area contributed by atoms with Crippen LogP contribution in [0.1, 0.15) is 0 Å². The third-order valence-corrected chi connectivity index (χ3v) is 5.99. The van der Waals surface area contributed by atoms with E-state index in [2.05, 4.69) is 0 Å². The van der Waals surface area contributed by atoms with Crippen molar-refractivity contribution < 1.29 is 33.7 Å². The molecule has 0 saturated carbocycles. The van der Waals surface area contributed by atoms with E-state index in [-0.39, 0.29) is 10.5 Å². The maximum atomic E-state index is 12.6. The summed E-state index contributed by atoms with van der Waals surface area (Å²) in [6.45, 7) is 0. The van der Waals surface area contributed by atoms with E-state index < -0.39 is 35.2 Å². The van der Waals surface area contributed by atoms with Crippen LogP contribution in [-0.2, 0) is 28.6 Å². The Hall–Kier alpha value is -3.10. The molecule has 0 saturated heterocycles. The molecule has 2 aromatic carbocycles. The van der Waals surface area contributed by atoms with Gasteiger partial charge < -0.3 is 19.3 Å². The van der Waals surface area contributed by atoms with Gasteiger partial charge in [-0.3, -0.25) is 0 Å². The Morgan fingerprint density at radius 1 is 1.07 bits per heavy atom. The summed E-state index contributed by atoms with van der Waals surface area (Å²) in [5.41, 5.74) is -3.18. The van der Waals surface area contributed by atoms with Crippen LogP contribution in [0.2, 0.25) is 0 Å². The summed E-state index contributed by atoms with van der Waals surface area (Å²) in [7, 11) is 2.23. The largest absolute Gasteiger partial charge is 0.466 e. The molecule has 7 nitrogen and oxygen atoms in total. The summed E-state index contributed by atoms with van der Waals surface area (Å²) in [4.78, 5) is 38.1. The van der Waals surface area contributed by atoms with Crippen molar-refractivity contribution in [1.82, 2.24) is 0 Å². The highest BCUT2D eigenvalue weighted by Gasteiger charge is 2.60. The molecule has 2 atom stereocenters. The zero-order valence-electron chi connectivity index (χ0n) is 15.5. The molecule has 3 aliphatic rings. The molecular weight excluding hydrogens is 396 g/mol. The lowest BCUT2D eigenvalue weighted by Crippen LogP contribution is -2.56. The van der Waals surface area contributed by atoms with Crippen LogP contribution >= 0.6 is 11.8 Å². The fraction of sp³-hybridized carbons (Fsp3) is 0.190. The first kappa shape index (κ1) is 19.2. The van der Waals surface area contributed by atoms with E-state index in [0.717, 1.165) is 41.6 Å². The fourth-order valence-electron chi connectivity index (χ4n) is 3.45. The first-order valence-electron chi connectivity index (χ1n) is 8.63. The van der Waals surface area contributed by atoms with Gasteiger partial charge in [0.05, 0.1) is 25.4 Å². The van der Waals surface area contributed by atoms with Gasteiger partial charge in [-0.25, -0.2) is 14.4 Å². The van der Waals surface area contributed by atoms with Crippen LogP contribution in [0.4, 0.5) is 0 Å². The van der Waals surface area contributed by atoms with Crippen molar-refractivity contribution in [2.24, 2.45) is 0 Å². The van der Waals surface area contributed by atoms with Crippen LogP contribution < -0.4 is 0 Å². The van der Waals surface area contributed by atoms with Gasteiger partial charge in [-0.1, -0.05) is 42.1 Å². The first-order chi connectivity index (χ1) is 13.9. The Morgan fingerprint density at radius 3 is 2.45 bits per heavy atom. The van der Waals surface area contributed by atoms with Crippen LogP contribution in [-0.4, -0.2) is 48.9 Å². The summed E-state index contributed by atoms with van der Waals surface area (Å²) in [6, 6.07) is 13.4. The van der Waals surface area contributed by atoms with E-state index in [9.17, 15) is 19.5 Å². The molecule has 1 N–H and O–H groups in total. The summed E-state index contributed by atoms with van der Waals surface area (Å²) in [5, 5.41) is 13.3. The minimum absolute atomic E-state index is 0.169. The third-order valence-electron chi connectivity index (χ3n) is 4.85. The van der Waals surface area contributed by atoms with Crippen molar-refractivity contribution in [1.29, 1.82) is 0 Å². The fourth-order valence-corrected chi connectivity index (χ4v) is 4.55. The zero-order chi connectivity index (χ0) is 20.8. The van der Waals surface area contributed by atoms with Gasteiger partial charge in [-0.2, -0.15) is 0 Å². The first-order valence-corrected chi connectivity index (χ1v) is 9.45. The lowest BCUT2D eigenvalue weighted by molar-refractivity contribution is -0.169. The quantitative estimate of drug-likeness (QED) is 0.602. The average molecular weight is 412 g/mol. The number of hydrogen-bond acceptors (Lipinski definition) is 8. The van der Waals surface area contributed by atoms with Crippen LogP contribution in [0.25, 0.3) is 10.8 Å². The summed E-state index contributed by atoms with van der Waals surface area (Å²) >= 11 is 1.11. The number of hydrogen-bond donors (Lipinski definition) is 1. The van der Waals surface area contributed by atoms with E-state index in [1.54, 1.807) is 0 Å². The molecule has 8 heteroatoms. The van der Waals surface area contributed by atoms with Crippen molar-refractivity contribution in [3.05, 3.63) is 64.6 Å². The number of carbonyl (C=O) groups excluding carboxylic acids is 3. The molecule has 2 bridgehead atoms. The SMILES string of the molecule is COC(=O)C1=C(C(=O)OC)[C@]2(O)C(=O)O[C@H]1C=C2Sc1ccc2ccccc2c1. The highest BCUT2D eigenvalue weighted by Crippen LogP contribution is 2.49. The Bertz CT molecular complexity index is 1120. The van der Waals surface area contributed by atoms with Crippen LogP contribution in [0.5, 0.6) is 0 Å². The average Bonchev–Trinajstić information content (AvgIpc) is 2.73. The molecule has 5 rings (SSSR count). The van der Waals surface area contributed by atoms with Gasteiger partial charge in [0.2, 0.25) is 5.60 Å². The molecule has 0 unspecified atom stereocenters. The van der Waals surface area contributed by atoms with Crippen molar-refractivity contribution in [2.75, 3.05) is 14.2 Å². The number of fused-ring (bicyclic) bond motifs is 2. The van der Waals surface area contributed by atoms with Crippen molar-refractivity contribution >= 4 is 40.4 Å². The Balaban J connectivity index is 1.80. The molecule has 0 amide bonds. The van der Waals surface area contributed by atoms with Gasteiger partial charge in [-0.15, -0.1) is 0 Å². The number of methoxy groups -OCH3 is 2. The van der Waals surface area contributed by atoms with Crippen molar-refractivity contribution in [3.8, 4) is 0 Å². The predicted molar refractivity (Wildman–Crippen MR) is 104 cm³/mol. The molecule has 29 heavy (non-hydrogen) atoms. The molecule has 2 heterocycles. The molecule has 0 spiro atoms. The molecule has 0 aromatic heterocycles. The Labute approximate surface area is 169 Å². The molecule has 2 aromatic rings. The Morgan fingerprint density at radius 2 is 1.76 bits per heavy atom. The second kappa shape index (κ2) is 7.06. The molecular formula is C21H16O7S. The number of aliphatic hydroxyl groups is 1. The number of benzene rings is 2. The maximum absolute atomic E-state index is 12.6. The minimum Gasteiger partial charge on any atom is -0.466 e. The molecule has 2 aliphatic heterocycles. The second-order valence-corrected chi connectivity index (χ2v) is 7.57. The van der Waals surface area contributed by atoms with Crippen LogP contribution in [0, 0.1) is 0 Å². The molecule has 148 valence electrons. The summed E-state index contributed by atoms with van der Waals surface area (Å²) in [6.07, 6.45) is 0.293. The number of ether oxygens (including phenoxy) is 3. The smallest absolute Gasteiger partial charge is 0.349 e. The van der Waals surface area contributed by atoms with E-state index in [4.69, 9.17) is 14.2 Å². The van der Waals surface area contributed by atoms with Gasteiger partial charge in [-0.05, 0) is 29.0 Å². The van der Waals surface area contributed by atoms with Crippen molar-refractivity contribution in [2.45, 2.75) is 16.6 Å². The van der Waals surface area contributed by atoms with E-state index >= 15 is 0 Å². The maximum Gasteiger partial charge on any atom is 0.349 e. The van der Waals surface area contributed by atoms with Gasteiger partial charge in [0.15, 0.2) is 6.10 Å². The predicted octanol–water partition coefficient (Wildman–Crippen LogP) is 2.13. The summed E-state index contributed by atoms with van der Waals surface area (Å²) < 4.78 is 14.6.